The fourth-order valence-electron chi connectivity index (χ4n) is 1.73. The van der Waals surface area contributed by atoms with Crippen LogP contribution in [0.1, 0.15) is 11.3 Å². The van der Waals surface area contributed by atoms with Gasteiger partial charge in [-0.15, -0.1) is 0 Å². The lowest BCUT2D eigenvalue weighted by Gasteiger charge is -2.06. The Balaban J connectivity index is 2.49. The van der Waals surface area contributed by atoms with Crippen LogP contribution in [0, 0.1) is 13.8 Å². The lowest BCUT2D eigenvalue weighted by molar-refractivity contribution is 0.412. The van der Waals surface area contributed by atoms with Crippen LogP contribution >= 0.6 is 11.6 Å². The molecular formula is C12H13ClN2O. The number of nitrogens with zero attached hydrogens (tertiary/aromatic N) is 1. The zero-order chi connectivity index (χ0) is 11.7. The Kier molecular flexibility index (Phi) is 2.88. The first-order valence-corrected chi connectivity index (χ1v) is 5.36. The summed E-state index contributed by atoms with van der Waals surface area (Å²) < 4.78 is 5.22. The molecule has 0 atom stereocenters. The smallest absolute Gasteiger partial charge is 0.200 e. The van der Waals surface area contributed by atoms with E-state index in [1.807, 2.05) is 32.0 Å². The second-order valence-corrected chi connectivity index (χ2v) is 4.04. The molecule has 0 unspecified atom stereocenters. The number of nitrogens with one attached hydrogen (secondary N) is 1. The van der Waals surface area contributed by atoms with E-state index in [2.05, 4.69) is 9.97 Å². The molecule has 1 aromatic heterocycles. The van der Waals surface area contributed by atoms with Crippen molar-refractivity contribution in [3.8, 4) is 17.0 Å². The van der Waals surface area contributed by atoms with E-state index in [0.29, 0.717) is 5.28 Å². The van der Waals surface area contributed by atoms with Crippen LogP contribution in [0.3, 0.4) is 0 Å². The SMILES string of the molecule is COc1ccc(-c2nc(Cl)[nH]c2C)cc1C. The van der Waals surface area contributed by atoms with E-state index in [4.69, 9.17) is 16.3 Å². The number of hydrogen-bond acceptors (Lipinski definition) is 2. The molecule has 0 amide bonds. The van der Waals surface area contributed by atoms with Gasteiger partial charge in [0.1, 0.15) is 5.75 Å². The van der Waals surface area contributed by atoms with Crippen molar-refractivity contribution in [2.45, 2.75) is 13.8 Å². The highest BCUT2D eigenvalue weighted by Crippen LogP contribution is 2.27. The van der Waals surface area contributed by atoms with Gasteiger partial charge in [-0.05, 0) is 49.2 Å². The van der Waals surface area contributed by atoms with E-state index < -0.39 is 0 Å². The van der Waals surface area contributed by atoms with Gasteiger partial charge in [-0.3, -0.25) is 0 Å². The maximum absolute atomic E-state index is 5.82. The van der Waals surface area contributed by atoms with E-state index in [1.165, 1.54) is 0 Å². The molecule has 4 heteroatoms. The molecule has 16 heavy (non-hydrogen) atoms. The lowest BCUT2D eigenvalue weighted by Crippen LogP contribution is -1.88. The Morgan fingerprint density at radius 2 is 2.06 bits per heavy atom. The summed E-state index contributed by atoms with van der Waals surface area (Å²) in [6.45, 7) is 3.96. The molecule has 0 aliphatic heterocycles. The Morgan fingerprint density at radius 3 is 2.56 bits per heavy atom. The summed E-state index contributed by atoms with van der Waals surface area (Å²) in [5.74, 6) is 0.878. The van der Waals surface area contributed by atoms with Gasteiger partial charge in [-0.25, -0.2) is 4.98 Å². The largest absolute Gasteiger partial charge is 0.496 e. The number of aromatic nitrogens is 2. The van der Waals surface area contributed by atoms with Crippen LogP contribution in [0.4, 0.5) is 0 Å². The van der Waals surface area contributed by atoms with Crippen molar-refractivity contribution < 1.29 is 4.74 Å². The predicted octanol–water partition coefficient (Wildman–Crippen LogP) is 3.36. The topological polar surface area (TPSA) is 37.9 Å². The molecule has 1 heterocycles. The van der Waals surface area contributed by atoms with Gasteiger partial charge in [0.15, 0.2) is 0 Å². The summed E-state index contributed by atoms with van der Waals surface area (Å²) >= 11 is 5.82. The van der Waals surface area contributed by atoms with Gasteiger partial charge in [0.25, 0.3) is 0 Å². The van der Waals surface area contributed by atoms with Crippen molar-refractivity contribution in [3.63, 3.8) is 0 Å². The van der Waals surface area contributed by atoms with E-state index in [9.17, 15) is 0 Å². The number of ether oxygens (including phenoxy) is 1. The minimum Gasteiger partial charge on any atom is -0.496 e. The van der Waals surface area contributed by atoms with Crippen LogP contribution in [0.5, 0.6) is 5.75 Å². The number of aryl methyl sites for hydroxylation is 2. The number of halogens is 1. The molecule has 0 aliphatic carbocycles. The van der Waals surface area contributed by atoms with E-state index in [-0.39, 0.29) is 0 Å². The van der Waals surface area contributed by atoms with Gasteiger partial charge < -0.3 is 9.72 Å². The highest BCUT2D eigenvalue weighted by molar-refractivity contribution is 6.28. The van der Waals surface area contributed by atoms with Gasteiger partial charge >= 0.3 is 0 Å². The third-order valence-electron chi connectivity index (χ3n) is 2.52. The van der Waals surface area contributed by atoms with Crippen LogP contribution in [0.25, 0.3) is 11.3 Å². The average molecular weight is 237 g/mol. The summed E-state index contributed by atoms with van der Waals surface area (Å²) in [6.07, 6.45) is 0. The molecule has 3 nitrogen and oxygen atoms in total. The highest BCUT2D eigenvalue weighted by atomic mass is 35.5. The zero-order valence-electron chi connectivity index (χ0n) is 9.47. The van der Waals surface area contributed by atoms with Gasteiger partial charge in [0.05, 0.1) is 12.8 Å². The highest BCUT2D eigenvalue weighted by Gasteiger charge is 2.09. The first-order valence-electron chi connectivity index (χ1n) is 4.99. The monoisotopic (exact) mass is 236 g/mol. The van der Waals surface area contributed by atoms with Gasteiger partial charge in [-0.2, -0.15) is 0 Å². The standard InChI is InChI=1S/C12H13ClN2O/c1-7-6-9(4-5-10(7)16-3)11-8(2)14-12(13)15-11/h4-6H,1-3H3,(H,14,15). The second kappa shape index (κ2) is 4.18. The van der Waals surface area contributed by atoms with E-state index >= 15 is 0 Å². The molecule has 0 bridgehead atoms. The summed E-state index contributed by atoms with van der Waals surface area (Å²) in [7, 11) is 1.67. The van der Waals surface area contributed by atoms with E-state index in [1.54, 1.807) is 7.11 Å². The first kappa shape index (κ1) is 11.0. The van der Waals surface area contributed by atoms with E-state index in [0.717, 1.165) is 28.3 Å². The quantitative estimate of drug-likeness (QED) is 0.868. The minimum atomic E-state index is 0.418. The van der Waals surface area contributed by atoms with Crippen LogP contribution < -0.4 is 4.74 Å². The molecule has 2 aromatic rings. The molecule has 2 rings (SSSR count). The lowest BCUT2D eigenvalue weighted by atomic mass is 10.1. The van der Waals surface area contributed by atoms with Gasteiger partial charge in [0.2, 0.25) is 5.28 Å². The number of methoxy groups -OCH3 is 1. The molecule has 0 aliphatic rings. The zero-order valence-corrected chi connectivity index (χ0v) is 10.2. The summed E-state index contributed by atoms with van der Waals surface area (Å²) in [6, 6.07) is 5.95. The maximum Gasteiger partial charge on any atom is 0.200 e. The molecule has 0 radical (unpaired) electrons. The number of hydrogen-bond donors (Lipinski definition) is 1. The predicted molar refractivity (Wildman–Crippen MR) is 65.1 cm³/mol. The van der Waals surface area contributed by atoms with Crippen molar-refractivity contribution in [2.75, 3.05) is 7.11 Å². The Labute approximate surface area is 99.4 Å². The van der Waals surface area contributed by atoms with Crippen LogP contribution in [-0.2, 0) is 0 Å². The molecule has 0 saturated heterocycles. The van der Waals surface area contributed by atoms with Crippen molar-refractivity contribution in [1.29, 1.82) is 0 Å². The molecule has 0 spiro atoms. The van der Waals surface area contributed by atoms with Crippen molar-refractivity contribution in [2.24, 2.45) is 0 Å². The first-order chi connectivity index (χ1) is 7.61. The van der Waals surface area contributed by atoms with Crippen molar-refractivity contribution >= 4 is 11.6 Å². The molecule has 1 aromatic carbocycles. The summed E-state index contributed by atoms with van der Waals surface area (Å²) in [4.78, 5) is 7.22. The van der Waals surface area contributed by atoms with Crippen LogP contribution in [0.2, 0.25) is 5.28 Å². The average Bonchev–Trinajstić information content (AvgIpc) is 2.58. The molecular weight excluding hydrogens is 224 g/mol. The van der Waals surface area contributed by atoms with Gasteiger partial charge in [-0.1, -0.05) is 0 Å². The molecule has 1 N–H and O–H groups in total. The van der Waals surface area contributed by atoms with Gasteiger partial charge in [0, 0.05) is 11.3 Å². The second-order valence-electron chi connectivity index (χ2n) is 3.69. The number of rotatable bonds is 2. The number of aromatic amines is 1. The Morgan fingerprint density at radius 1 is 1.31 bits per heavy atom. The number of H-pyrrole nitrogens is 1. The van der Waals surface area contributed by atoms with Crippen LogP contribution in [0.15, 0.2) is 18.2 Å². The third-order valence-corrected chi connectivity index (χ3v) is 2.70. The number of benzene rings is 1. The molecule has 84 valence electrons. The number of imidazole rings is 1. The normalized spacial score (nSPS) is 10.5. The third kappa shape index (κ3) is 1.91. The van der Waals surface area contributed by atoms with Crippen molar-refractivity contribution in [1.82, 2.24) is 9.97 Å². The van der Waals surface area contributed by atoms with Crippen LogP contribution in [-0.4, -0.2) is 17.1 Å². The molecule has 0 fully saturated rings. The fourth-order valence-corrected chi connectivity index (χ4v) is 1.96. The molecule has 0 saturated carbocycles. The maximum atomic E-state index is 5.82. The summed E-state index contributed by atoms with van der Waals surface area (Å²) in [5.41, 5.74) is 3.97. The Hall–Kier alpha value is -1.48. The van der Waals surface area contributed by atoms with Crippen molar-refractivity contribution in [3.05, 3.63) is 34.7 Å². The minimum absolute atomic E-state index is 0.418. The summed E-state index contributed by atoms with van der Waals surface area (Å²) in [5, 5.41) is 0.418. The Bertz CT molecular complexity index is 520. The fraction of sp³-hybridized carbons (Fsp3) is 0.250.